The smallest absolute Gasteiger partial charge is 0.196 e. The molecule has 0 spiro atoms. The summed E-state index contributed by atoms with van der Waals surface area (Å²) in [4.78, 5) is 13.2. The van der Waals surface area contributed by atoms with Crippen LogP contribution in [-0.2, 0) is 0 Å². The van der Waals surface area contributed by atoms with E-state index < -0.39 is 27.4 Å². The molecular formula is C25H25BrF2O2S. The summed E-state index contributed by atoms with van der Waals surface area (Å²) in [7, 11) is -1.70. The monoisotopic (exact) mass is 506 g/mol. The first-order valence-electron chi connectivity index (χ1n) is 10.2. The highest BCUT2D eigenvalue weighted by Gasteiger charge is 2.32. The third-order valence-corrected chi connectivity index (χ3v) is 10.7. The van der Waals surface area contributed by atoms with Crippen LogP contribution in [0.5, 0.6) is 11.5 Å². The predicted molar refractivity (Wildman–Crippen MR) is 128 cm³/mol. The highest BCUT2D eigenvalue weighted by Crippen LogP contribution is 2.58. The van der Waals surface area contributed by atoms with Gasteiger partial charge in [-0.15, -0.1) is 0 Å². The number of benzene rings is 3. The lowest BCUT2D eigenvalue weighted by molar-refractivity contribution is 0.103. The van der Waals surface area contributed by atoms with Gasteiger partial charge in [0, 0.05) is 5.56 Å². The van der Waals surface area contributed by atoms with E-state index in [1.165, 1.54) is 6.07 Å². The molecule has 0 aliphatic carbocycles. The molecule has 0 N–H and O–H groups in total. The Labute approximate surface area is 192 Å². The van der Waals surface area contributed by atoms with Crippen molar-refractivity contribution in [3.8, 4) is 11.5 Å². The van der Waals surface area contributed by atoms with Gasteiger partial charge in [0.15, 0.2) is 11.6 Å². The number of hydrogen-bond donors (Lipinski definition) is 0. The molecule has 3 rings (SSSR count). The lowest BCUT2D eigenvalue weighted by atomic mass is 10.0. The maximum absolute atomic E-state index is 15.6. The number of ketones is 1. The van der Waals surface area contributed by atoms with E-state index in [9.17, 15) is 4.79 Å². The van der Waals surface area contributed by atoms with Crippen LogP contribution >= 0.6 is 26.0 Å². The van der Waals surface area contributed by atoms with Crippen LogP contribution in [-0.4, -0.2) is 23.0 Å². The summed E-state index contributed by atoms with van der Waals surface area (Å²) in [5.41, 5.74) is 0.195. The van der Waals surface area contributed by atoms with Gasteiger partial charge in [0.2, 0.25) is 0 Å². The summed E-state index contributed by atoms with van der Waals surface area (Å²) in [6.45, 7) is 5.86. The van der Waals surface area contributed by atoms with E-state index in [0.29, 0.717) is 34.3 Å². The molecule has 0 aliphatic rings. The summed E-state index contributed by atoms with van der Waals surface area (Å²) in [5.74, 6) is 1.39. The first kappa shape index (κ1) is 23.5. The Bertz CT molecular complexity index is 1060. The van der Waals surface area contributed by atoms with Crippen molar-refractivity contribution in [2.24, 2.45) is 0 Å². The zero-order valence-corrected chi connectivity index (χ0v) is 20.2. The molecule has 2 nitrogen and oxygen atoms in total. The van der Waals surface area contributed by atoms with Crippen molar-refractivity contribution in [2.75, 3.05) is 17.3 Å². The molecule has 0 aliphatic heterocycles. The first-order valence-corrected chi connectivity index (χ1v) is 13.1. The van der Waals surface area contributed by atoms with Gasteiger partial charge in [-0.05, 0) is 75.7 Å². The fourth-order valence-electron chi connectivity index (χ4n) is 3.63. The van der Waals surface area contributed by atoms with E-state index in [0.717, 1.165) is 0 Å². The van der Waals surface area contributed by atoms with Crippen molar-refractivity contribution < 1.29 is 18.3 Å². The van der Waals surface area contributed by atoms with E-state index >= 15 is 8.78 Å². The second kappa shape index (κ2) is 9.96. The van der Waals surface area contributed by atoms with E-state index in [2.05, 4.69) is 15.9 Å². The van der Waals surface area contributed by atoms with Gasteiger partial charge in [-0.3, -0.25) is 4.79 Å². The van der Waals surface area contributed by atoms with Crippen molar-refractivity contribution in [1.82, 2.24) is 0 Å². The second-order valence-corrected chi connectivity index (χ2v) is 12.1. The van der Waals surface area contributed by atoms with Crippen LogP contribution in [0.25, 0.3) is 0 Å². The van der Waals surface area contributed by atoms with E-state index in [4.69, 9.17) is 4.74 Å². The molecular weight excluding hydrogens is 482 g/mol. The third kappa shape index (κ3) is 4.70. The molecule has 3 aromatic carbocycles. The van der Waals surface area contributed by atoms with Crippen LogP contribution in [0, 0.1) is 11.6 Å². The largest absolute Gasteiger partial charge is 0.457 e. The second-order valence-electron chi connectivity index (χ2n) is 7.04. The van der Waals surface area contributed by atoms with Gasteiger partial charge in [-0.25, -0.2) is 18.8 Å². The van der Waals surface area contributed by atoms with Crippen molar-refractivity contribution >= 4 is 31.7 Å². The predicted octanol–water partition coefficient (Wildman–Crippen LogP) is 7.97. The number of carbonyl (C=O) groups excluding carboxylic acids is 1. The molecule has 0 unspecified atom stereocenters. The fourth-order valence-corrected chi connectivity index (χ4v) is 7.26. The molecule has 0 amide bonds. The highest BCUT2D eigenvalue weighted by molar-refractivity contribution is 9.10. The number of carbonyl (C=O) groups is 1. The minimum absolute atomic E-state index is 0.0711. The van der Waals surface area contributed by atoms with Gasteiger partial charge in [-0.1, -0.05) is 39.0 Å². The number of para-hydroxylation sites is 1. The maximum atomic E-state index is 15.6. The normalized spacial score (nSPS) is 11.9. The molecule has 0 atom stereocenters. The Kier molecular flexibility index (Phi) is 7.55. The molecule has 0 saturated heterocycles. The molecule has 0 saturated carbocycles. The average molecular weight is 507 g/mol. The van der Waals surface area contributed by atoms with Crippen molar-refractivity contribution in [2.45, 2.75) is 25.7 Å². The van der Waals surface area contributed by atoms with Crippen LogP contribution in [0.15, 0.2) is 70.0 Å². The first-order chi connectivity index (χ1) is 14.9. The standard InChI is InChI=1S/C25H25BrF2O2S/c1-4-31(5-2,6-3)25-22(27)20(16-21(26)23(25)28)24(29)17-12-14-19(15-13-17)30-18-10-8-7-9-11-18/h7-16H,4-6H2,1-3H3. The molecule has 31 heavy (non-hydrogen) atoms. The van der Waals surface area contributed by atoms with Gasteiger partial charge >= 0.3 is 0 Å². The number of hydrogen-bond acceptors (Lipinski definition) is 2. The van der Waals surface area contributed by atoms with Gasteiger partial charge in [0.25, 0.3) is 0 Å². The van der Waals surface area contributed by atoms with Crippen LogP contribution < -0.4 is 4.74 Å². The molecule has 0 bridgehead atoms. The minimum atomic E-state index is -1.70. The highest BCUT2D eigenvalue weighted by atomic mass is 79.9. The molecule has 6 heteroatoms. The zero-order valence-electron chi connectivity index (χ0n) is 17.8. The van der Waals surface area contributed by atoms with Crippen LogP contribution in [0.1, 0.15) is 36.7 Å². The molecule has 0 heterocycles. The van der Waals surface area contributed by atoms with Crippen LogP contribution in [0.4, 0.5) is 8.78 Å². The van der Waals surface area contributed by atoms with E-state index in [1.54, 1.807) is 24.3 Å². The Morgan fingerprint density at radius 2 is 1.42 bits per heavy atom. The lowest BCUT2D eigenvalue weighted by Gasteiger charge is -2.38. The third-order valence-electron chi connectivity index (χ3n) is 5.55. The summed E-state index contributed by atoms with van der Waals surface area (Å²) < 4.78 is 36.5. The summed E-state index contributed by atoms with van der Waals surface area (Å²) in [6, 6.07) is 17.0. The van der Waals surface area contributed by atoms with Gasteiger partial charge in [-0.2, -0.15) is 0 Å². The maximum Gasteiger partial charge on any atom is 0.196 e. The van der Waals surface area contributed by atoms with Gasteiger partial charge < -0.3 is 4.74 Å². The molecule has 0 radical (unpaired) electrons. The average Bonchev–Trinajstić information content (AvgIpc) is 2.80. The zero-order chi connectivity index (χ0) is 22.6. The number of ether oxygens (including phenoxy) is 1. The summed E-state index contributed by atoms with van der Waals surface area (Å²) in [6.07, 6.45) is 0. The molecule has 0 fully saturated rings. The van der Waals surface area contributed by atoms with Crippen molar-refractivity contribution in [3.63, 3.8) is 0 Å². The van der Waals surface area contributed by atoms with E-state index in [1.807, 2.05) is 51.1 Å². The molecule has 164 valence electrons. The molecule has 0 aromatic heterocycles. The fraction of sp³-hybridized carbons (Fsp3) is 0.240. The van der Waals surface area contributed by atoms with Gasteiger partial charge in [0.05, 0.1) is 14.9 Å². The van der Waals surface area contributed by atoms with Crippen molar-refractivity contribution in [1.29, 1.82) is 0 Å². The molecule has 3 aromatic rings. The lowest BCUT2D eigenvalue weighted by Crippen LogP contribution is -2.16. The van der Waals surface area contributed by atoms with E-state index in [-0.39, 0.29) is 14.9 Å². The Morgan fingerprint density at radius 3 is 1.97 bits per heavy atom. The Morgan fingerprint density at radius 1 is 0.871 bits per heavy atom. The minimum Gasteiger partial charge on any atom is -0.457 e. The summed E-state index contributed by atoms with van der Waals surface area (Å²) in [5, 5.41) is 0. The Balaban J connectivity index is 1.98. The quantitative estimate of drug-likeness (QED) is 0.228. The number of halogens is 3. The SMILES string of the molecule is CCS(CC)(CC)c1c(F)c(Br)cc(C(=O)c2ccc(Oc3ccccc3)cc2)c1F. The Hall–Kier alpha value is -2.18. The van der Waals surface area contributed by atoms with Crippen LogP contribution in [0.2, 0.25) is 0 Å². The number of rotatable bonds is 8. The topological polar surface area (TPSA) is 26.3 Å². The van der Waals surface area contributed by atoms with Gasteiger partial charge in [0.1, 0.15) is 17.3 Å². The summed E-state index contributed by atoms with van der Waals surface area (Å²) >= 11 is 3.20. The van der Waals surface area contributed by atoms with Crippen LogP contribution in [0.3, 0.4) is 0 Å². The van der Waals surface area contributed by atoms with Crippen molar-refractivity contribution in [3.05, 3.63) is 87.9 Å².